The third kappa shape index (κ3) is 3.24. The molecule has 0 radical (unpaired) electrons. The highest BCUT2D eigenvalue weighted by Crippen LogP contribution is 2.23. The molecule has 0 amide bonds. The molecule has 0 saturated carbocycles. The van der Waals surface area contributed by atoms with Gasteiger partial charge in [0.2, 0.25) is 5.89 Å². The van der Waals surface area contributed by atoms with Crippen LogP contribution in [0.1, 0.15) is 31.2 Å². The smallest absolute Gasteiger partial charge is 0.315 e. The second kappa shape index (κ2) is 5.87. The minimum Gasteiger partial charge on any atom is -0.408 e. The number of anilines is 1. The van der Waals surface area contributed by atoms with Crippen LogP contribution in [0.25, 0.3) is 0 Å². The van der Waals surface area contributed by atoms with Crippen molar-refractivity contribution in [2.45, 2.75) is 26.3 Å². The van der Waals surface area contributed by atoms with Crippen molar-refractivity contribution in [3.05, 3.63) is 44.8 Å². The zero-order valence-electron chi connectivity index (χ0n) is 11.0. The van der Waals surface area contributed by atoms with Crippen molar-refractivity contribution in [2.75, 3.05) is 5.32 Å². The summed E-state index contributed by atoms with van der Waals surface area (Å²) in [6, 6.07) is 4.60. The number of aromatic nitrogens is 2. The highest BCUT2D eigenvalue weighted by Gasteiger charge is 2.12. The summed E-state index contributed by atoms with van der Waals surface area (Å²) >= 11 is 5.98. The molecule has 1 aromatic carbocycles. The molecule has 0 aliphatic carbocycles. The Morgan fingerprint density at radius 1 is 1.45 bits per heavy atom. The van der Waals surface area contributed by atoms with E-state index in [9.17, 15) is 10.1 Å². The first-order valence-corrected chi connectivity index (χ1v) is 6.35. The number of nitrogens with one attached hydrogen (secondary N) is 1. The van der Waals surface area contributed by atoms with Gasteiger partial charge in [-0.2, -0.15) is 0 Å². The topological polar surface area (TPSA) is 94.1 Å². The zero-order valence-corrected chi connectivity index (χ0v) is 11.7. The highest BCUT2D eigenvalue weighted by molar-refractivity contribution is 6.31. The number of nitrogens with zero attached hydrogens (tertiary/aromatic N) is 3. The van der Waals surface area contributed by atoms with Gasteiger partial charge in [0.15, 0.2) is 0 Å². The Hall–Kier alpha value is -2.15. The molecule has 106 valence electrons. The van der Waals surface area contributed by atoms with Crippen molar-refractivity contribution < 1.29 is 9.34 Å². The number of halogens is 1. The summed E-state index contributed by atoms with van der Waals surface area (Å²) in [6.07, 6.45) is 0. The van der Waals surface area contributed by atoms with E-state index in [1.165, 1.54) is 12.1 Å². The van der Waals surface area contributed by atoms with Crippen molar-refractivity contribution in [3.63, 3.8) is 0 Å². The van der Waals surface area contributed by atoms with Crippen LogP contribution >= 0.6 is 11.6 Å². The molecule has 0 aliphatic rings. The second-order valence-corrected chi connectivity index (χ2v) is 4.89. The quantitative estimate of drug-likeness (QED) is 0.671. The summed E-state index contributed by atoms with van der Waals surface area (Å²) in [5, 5.41) is 21.6. The number of nitro benzene ring substituents is 1. The van der Waals surface area contributed by atoms with Gasteiger partial charge >= 0.3 is 6.01 Å². The standard InChI is InChI=1S/C12H13ClN4O3/c1-7(2)11-15-16-12(20-11)14-6-8-3-4-9(17(18)19)5-10(8)13/h3-5,7H,6H2,1-2H3,(H,14,16). The Labute approximate surface area is 120 Å². The van der Waals surface area contributed by atoms with Gasteiger partial charge in [-0.25, -0.2) is 0 Å². The molecular weight excluding hydrogens is 284 g/mol. The van der Waals surface area contributed by atoms with Gasteiger partial charge in [0, 0.05) is 24.6 Å². The van der Waals surface area contributed by atoms with Crippen LogP contribution in [0.4, 0.5) is 11.7 Å². The Morgan fingerprint density at radius 3 is 2.75 bits per heavy atom. The summed E-state index contributed by atoms with van der Waals surface area (Å²) in [5.41, 5.74) is 0.667. The van der Waals surface area contributed by atoms with E-state index in [0.717, 1.165) is 0 Å². The maximum Gasteiger partial charge on any atom is 0.315 e. The van der Waals surface area contributed by atoms with E-state index in [0.29, 0.717) is 29.0 Å². The molecule has 1 heterocycles. The molecule has 2 rings (SSSR count). The number of nitro groups is 1. The fourth-order valence-corrected chi connectivity index (χ4v) is 1.74. The second-order valence-electron chi connectivity index (χ2n) is 4.49. The van der Waals surface area contributed by atoms with Gasteiger partial charge in [0.05, 0.1) is 9.95 Å². The van der Waals surface area contributed by atoms with E-state index >= 15 is 0 Å². The molecule has 0 saturated heterocycles. The van der Waals surface area contributed by atoms with E-state index in [-0.39, 0.29) is 11.6 Å². The Balaban J connectivity index is 2.05. The summed E-state index contributed by atoms with van der Waals surface area (Å²) < 4.78 is 5.38. The number of hydrogen-bond donors (Lipinski definition) is 1. The van der Waals surface area contributed by atoms with Crippen molar-refractivity contribution >= 4 is 23.3 Å². The Bertz CT molecular complexity index is 627. The fraction of sp³-hybridized carbons (Fsp3) is 0.333. The van der Waals surface area contributed by atoms with Gasteiger partial charge in [-0.1, -0.05) is 30.5 Å². The average molecular weight is 297 g/mol. The van der Waals surface area contributed by atoms with E-state index in [4.69, 9.17) is 16.0 Å². The third-order valence-corrected chi connectivity index (χ3v) is 2.96. The number of non-ortho nitro benzene ring substituents is 1. The molecule has 8 heteroatoms. The summed E-state index contributed by atoms with van der Waals surface area (Å²) in [6.45, 7) is 4.24. The molecule has 20 heavy (non-hydrogen) atoms. The van der Waals surface area contributed by atoms with Crippen molar-refractivity contribution in [1.82, 2.24) is 10.2 Å². The summed E-state index contributed by atoms with van der Waals surface area (Å²) in [4.78, 5) is 10.1. The van der Waals surface area contributed by atoms with Crippen LogP contribution in [-0.4, -0.2) is 15.1 Å². The highest BCUT2D eigenvalue weighted by atomic mass is 35.5. The lowest BCUT2D eigenvalue weighted by Crippen LogP contribution is -2.01. The first-order chi connectivity index (χ1) is 9.47. The first-order valence-electron chi connectivity index (χ1n) is 5.97. The fourth-order valence-electron chi connectivity index (χ4n) is 1.50. The Morgan fingerprint density at radius 2 is 2.20 bits per heavy atom. The molecule has 2 aromatic rings. The van der Waals surface area contributed by atoms with Gasteiger partial charge in [-0.3, -0.25) is 10.1 Å². The monoisotopic (exact) mass is 296 g/mol. The Kier molecular flexibility index (Phi) is 4.19. The average Bonchev–Trinajstić information content (AvgIpc) is 2.86. The molecule has 7 nitrogen and oxygen atoms in total. The largest absolute Gasteiger partial charge is 0.408 e. The van der Waals surface area contributed by atoms with Crippen LogP contribution in [0.2, 0.25) is 5.02 Å². The van der Waals surface area contributed by atoms with Crippen molar-refractivity contribution in [2.24, 2.45) is 0 Å². The predicted octanol–water partition coefficient (Wildman–Crippen LogP) is 3.37. The normalized spacial score (nSPS) is 10.8. The lowest BCUT2D eigenvalue weighted by atomic mass is 10.2. The molecule has 1 aromatic heterocycles. The first kappa shape index (κ1) is 14.3. The predicted molar refractivity (Wildman–Crippen MR) is 73.8 cm³/mol. The van der Waals surface area contributed by atoms with Gasteiger partial charge in [-0.05, 0) is 11.6 Å². The number of hydrogen-bond acceptors (Lipinski definition) is 6. The summed E-state index contributed by atoms with van der Waals surface area (Å²) in [5.74, 6) is 0.698. The van der Waals surface area contributed by atoms with Crippen molar-refractivity contribution in [3.8, 4) is 0 Å². The van der Waals surface area contributed by atoms with Crippen LogP contribution < -0.4 is 5.32 Å². The van der Waals surface area contributed by atoms with Gasteiger partial charge in [0.25, 0.3) is 5.69 Å². The van der Waals surface area contributed by atoms with Crippen LogP contribution in [0.3, 0.4) is 0 Å². The van der Waals surface area contributed by atoms with Gasteiger partial charge in [-0.15, -0.1) is 5.10 Å². The van der Waals surface area contributed by atoms with Crippen molar-refractivity contribution in [1.29, 1.82) is 0 Å². The SMILES string of the molecule is CC(C)c1nnc(NCc2ccc([N+](=O)[O-])cc2Cl)o1. The number of rotatable bonds is 5. The molecule has 0 aliphatic heterocycles. The van der Waals surface area contributed by atoms with Crippen LogP contribution in [-0.2, 0) is 6.54 Å². The molecule has 0 unspecified atom stereocenters. The molecule has 0 spiro atoms. The number of benzene rings is 1. The van der Waals surface area contributed by atoms with E-state index in [1.54, 1.807) is 6.07 Å². The molecule has 0 atom stereocenters. The lowest BCUT2D eigenvalue weighted by Gasteiger charge is -2.04. The van der Waals surface area contributed by atoms with Crippen LogP contribution in [0.5, 0.6) is 0 Å². The van der Waals surface area contributed by atoms with Gasteiger partial charge in [0.1, 0.15) is 0 Å². The minimum atomic E-state index is -0.490. The van der Waals surface area contributed by atoms with E-state index in [2.05, 4.69) is 15.5 Å². The maximum atomic E-state index is 10.6. The summed E-state index contributed by atoms with van der Waals surface area (Å²) in [7, 11) is 0. The van der Waals surface area contributed by atoms with Gasteiger partial charge < -0.3 is 9.73 Å². The lowest BCUT2D eigenvalue weighted by molar-refractivity contribution is -0.384. The molecule has 0 fully saturated rings. The van der Waals surface area contributed by atoms with E-state index < -0.39 is 4.92 Å². The van der Waals surface area contributed by atoms with E-state index in [1.807, 2.05) is 13.8 Å². The zero-order chi connectivity index (χ0) is 14.7. The van der Waals surface area contributed by atoms with Crippen LogP contribution in [0, 0.1) is 10.1 Å². The molecule has 0 bridgehead atoms. The minimum absolute atomic E-state index is 0.0429. The third-order valence-electron chi connectivity index (χ3n) is 2.61. The maximum absolute atomic E-state index is 10.6. The van der Waals surface area contributed by atoms with Crippen LogP contribution in [0.15, 0.2) is 22.6 Å². The molecule has 1 N–H and O–H groups in total. The molecular formula is C12H13ClN4O3.